The fourth-order valence-corrected chi connectivity index (χ4v) is 4.75. The van der Waals surface area contributed by atoms with Gasteiger partial charge in [-0.15, -0.1) is 13.2 Å². The van der Waals surface area contributed by atoms with Gasteiger partial charge in [0.15, 0.2) is 0 Å². The molecule has 3 heterocycles. The van der Waals surface area contributed by atoms with Crippen molar-refractivity contribution >= 4 is 16.7 Å². The van der Waals surface area contributed by atoms with E-state index in [1.165, 1.54) is 12.1 Å². The summed E-state index contributed by atoms with van der Waals surface area (Å²) in [5.41, 5.74) is 3.33. The average Bonchev–Trinajstić information content (AvgIpc) is 2.81. The highest BCUT2D eigenvalue weighted by atomic mass is 19.4. The molecule has 0 spiro atoms. The Labute approximate surface area is 196 Å². The number of rotatable bonds is 6. The van der Waals surface area contributed by atoms with E-state index in [1.807, 2.05) is 12.1 Å². The second kappa shape index (κ2) is 9.66. The predicted molar refractivity (Wildman–Crippen MR) is 126 cm³/mol. The molecule has 3 aromatic rings. The van der Waals surface area contributed by atoms with Gasteiger partial charge in [0.2, 0.25) is 0 Å². The number of hydrogen-bond donors (Lipinski definition) is 0. The van der Waals surface area contributed by atoms with Crippen molar-refractivity contribution in [3.63, 3.8) is 0 Å². The first-order valence-corrected chi connectivity index (χ1v) is 11.5. The van der Waals surface area contributed by atoms with Gasteiger partial charge in [-0.2, -0.15) is 0 Å². The third-order valence-corrected chi connectivity index (χ3v) is 6.59. The van der Waals surface area contributed by atoms with Crippen LogP contribution in [0.5, 0.6) is 5.75 Å². The lowest BCUT2D eigenvalue weighted by Crippen LogP contribution is -2.58. The van der Waals surface area contributed by atoms with E-state index in [4.69, 9.17) is 0 Å². The van der Waals surface area contributed by atoms with Crippen LogP contribution in [0, 0.1) is 0 Å². The van der Waals surface area contributed by atoms with Crippen LogP contribution >= 0.6 is 0 Å². The molecule has 1 saturated heterocycles. The lowest BCUT2D eigenvalue weighted by atomic mass is 10.00. The topological polar surface area (TPSA) is 50.6 Å². The lowest BCUT2D eigenvalue weighted by Gasteiger charge is -2.47. The van der Waals surface area contributed by atoms with Crippen LogP contribution < -0.4 is 15.2 Å². The molecular formula is C25H29F3N4O2. The number of alkyl halides is 3. The molecule has 0 aliphatic carbocycles. The van der Waals surface area contributed by atoms with E-state index in [0.717, 1.165) is 48.2 Å². The highest BCUT2D eigenvalue weighted by molar-refractivity contribution is 5.88. The third-order valence-electron chi connectivity index (χ3n) is 6.59. The number of pyridine rings is 2. The first-order valence-electron chi connectivity index (χ1n) is 11.5. The van der Waals surface area contributed by atoms with Crippen LogP contribution in [0.4, 0.5) is 18.9 Å². The fraction of sp³-hybridized carbons (Fsp3) is 0.440. The average molecular weight is 475 g/mol. The standard InChI is InChI=1S/C25H29F3N4O2/c1-4-18-16-32(22-13-23(33)30(3)21-7-6-12-29-24(21)22)19(5-2)15-31(18)14-17-8-10-20(11-9-17)34-25(26,27)28/h6-13,18-19H,4-5,14-16H2,1-3H3/t18-,19+/m1/s1. The number of hydrogen-bond acceptors (Lipinski definition) is 5. The molecule has 4 rings (SSSR count). The molecule has 0 radical (unpaired) electrons. The van der Waals surface area contributed by atoms with Crippen molar-refractivity contribution in [3.05, 3.63) is 64.6 Å². The van der Waals surface area contributed by atoms with Crippen LogP contribution in [0.3, 0.4) is 0 Å². The smallest absolute Gasteiger partial charge is 0.406 e. The molecule has 1 fully saturated rings. The van der Waals surface area contributed by atoms with E-state index < -0.39 is 6.36 Å². The maximum absolute atomic E-state index is 12.7. The summed E-state index contributed by atoms with van der Waals surface area (Å²) < 4.78 is 43.0. The molecule has 182 valence electrons. The molecule has 1 aromatic carbocycles. The van der Waals surface area contributed by atoms with E-state index in [9.17, 15) is 18.0 Å². The minimum atomic E-state index is -4.70. The maximum Gasteiger partial charge on any atom is 0.573 e. The van der Waals surface area contributed by atoms with Crippen LogP contribution in [0.1, 0.15) is 32.3 Å². The highest BCUT2D eigenvalue weighted by Gasteiger charge is 2.34. The third kappa shape index (κ3) is 5.04. The van der Waals surface area contributed by atoms with Crippen molar-refractivity contribution in [1.82, 2.24) is 14.5 Å². The van der Waals surface area contributed by atoms with Gasteiger partial charge in [-0.25, -0.2) is 0 Å². The van der Waals surface area contributed by atoms with Gasteiger partial charge in [-0.05, 0) is 42.7 Å². The molecule has 0 amide bonds. The van der Waals surface area contributed by atoms with Crippen molar-refractivity contribution in [2.45, 2.75) is 51.7 Å². The summed E-state index contributed by atoms with van der Waals surface area (Å²) in [6.07, 6.45) is -1.17. The molecule has 0 bridgehead atoms. The van der Waals surface area contributed by atoms with Crippen LogP contribution in [-0.4, -0.2) is 46.0 Å². The molecular weight excluding hydrogens is 445 g/mol. The van der Waals surface area contributed by atoms with Crippen LogP contribution in [0.15, 0.2) is 53.5 Å². The number of fused-ring (bicyclic) bond motifs is 1. The first kappa shape index (κ1) is 24.1. The Morgan fingerprint density at radius 1 is 1.06 bits per heavy atom. The number of aryl methyl sites for hydroxylation is 1. The zero-order valence-electron chi connectivity index (χ0n) is 19.5. The van der Waals surface area contributed by atoms with E-state index in [0.29, 0.717) is 6.54 Å². The Bertz CT molecular complexity index is 1190. The molecule has 34 heavy (non-hydrogen) atoms. The Kier molecular flexibility index (Phi) is 6.84. The van der Waals surface area contributed by atoms with Gasteiger partial charge in [0.25, 0.3) is 5.56 Å². The molecule has 9 heteroatoms. The first-order chi connectivity index (χ1) is 16.2. The lowest BCUT2D eigenvalue weighted by molar-refractivity contribution is -0.274. The number of aromatic nitrogens is 2. The van der Waals surface area contributed by atoms with Gasteiger partial charge in [0.05, 0.1) is 11.2 Å². The fourth-order valence-electron chi connectivity index (χ4n) is 4.75. The van der Waals surface area contributed by atoms with Crippen LogP contribution in [-0.2, 0) is 13.6 Å². The summed E-state index contributed by atoms with van der Waals surface area (Å²) in [5.74, 6) is -0.218. The summed E-state index contributed by atoms with van der Waals surface area (Å²) in [7, 11) is 1.76. The van der Waals surface area contributed by atoms with Crippen molar-refractivity contribution in [3.8, 4) is 5.75 Å². The van der Waals surface area contributed by atoms with Gasteiger partial charge in [-0.3, -0.25) is 14.7 Å². The number of halogens is 3. The van der Waals surface area contributed by atoms with E-state index in [2.05, 4.69) is 33.4 Å². The van der Waals surface area contributed by atoms with Gasteiger partial charge in [-0.1, -0.05) is 26.0 Å². The molecule has 2 atom stereocenters. The predicted octanol–water partition coefficient (Wildman–Crippen LogP) is 4.71. The molecule has 6 nitrogen and oxygen atoms in total. The zero-order valence-corrected chi connectivity index (χ0v) is 19.5. The molecule has 0 saturated carbocycles. The number of piperazine rings is 1. The second-order valence-corrected chi connectivity index (χ2v) is 8.70. The van der Waals surface area contributed by atoms with Crippen LogP contribution in [0.2, 0.25) is 0 Å². The molecule has 1 aliphatic rings. The SMILES string of the molecule is CC[C@@H]1CN(c2cc(=O)n(C)c3cccnc23)[C@@H](CC)CN1Cc1ccc(OC(F)(F)F)cc1. The number of nitrogens with zero attached hydrogens (tertiary/aromatic N) is 4. The van der Waals surface area contributed by atoms with Gasteiger partial charge in [0.1, 0.15) is 11.3 Å². The van der Waals surface area contributed by atoms with E-state index >= 15 is 0 Å². The molecule has 0 unspecified atom stereocenters. The number of benzene rings is 1. The van der Waals surface area contributed by atoms with Crippen molar-refractivity contribution < 1.29 is 17.9 Å². The Balaban J connectivity index is 1.58. The van der Waals surface area contributed by atoms with Gasteiger partial charge < -0.3 is 14.2 Å². The Morgan fingerprint density at radius 3 is 2.41 bits per heavy atom. The highest BCUT2D eigenvalue weighted by Crippen LogP contribution is 2.31. The maximum atomic E-state index is 12.7. The van der Waals surface area contributed by atoms with Gasteiger partial charge >= 0.3 is 6.36 Å². The van der Waals surface area contributed by atoms with Crippen molar-refractivity contribution in [2.24, 2.45) is 7.05 Å². The summed E-state index contributed by atoms with van der Waals surface area (Å²) in [4.78, 5) is 22.0. The van der Waals surface area contributed by atoms with E-state index in [-0.39, 0.29) is 23.4 Å². The quantitative estimate of drug-likeness (QED) is 0.518. The summed E-state index contributed by atoms with van der Waals surface area (Å²) in [6.45, 7) is 6.40. The zero-order chi connectivity index (χ0) is 24.5. The Morgan fingerprint density at radius 2 is 1.76 bits per heavy atom. The monoisotopic (exact) mass is 474 g/mol. The molecule has 1 aliphatic heterocycles. The second-order valence-electron chi connectivity index (χ2n) is 8.70. The van der Waals surface area contributed by atoms with Crippen molar-refractivity contribution in [2.75, 3.05) is 18.0 Å². The van der Waals surface area contributed by atoms with Crippen molar-refractivity contribution in [1.29, 1.82) is 0 Å². The summed E-state index contributed by atoms with van der Waals surface area (Å²) >= 11 is 0. The number of ether oxygens (including phenoxy) is 1. The Hall–Kier alpha value is -3.07. The van der Waals surface area contributed by atoms with Crippen LogP contribution in [0.25, 0.3) is 11.0 Å². The molecule has 0 N–H and O–H groups in total. The van der Waals surface area contributed by atoms with E-state index in [1.54, 1.807) is 36.0 Å². The summed E-state index contributed by atoms with van der Waals surface area (Å²) in [6, 6.07) is 11.9. The molecule has 2 aromatic heterocycles. The largest absolute Gasteiger partial charge is 0.573 e. The normalized spacial score (nSPS) is 19.5. The summed E-state index contributed by atoms with van der Waals surface area (Å²) in [5, 5.41) is 0. The minimum absolute atomic E-state index is 0.0676. The minimum Gasteiger partial charge on any atom is -0.406 e. The number of anilines is 1. The van der Waals surface area contributed by atoms with Gasteiger partial charge in [0, 0.05) is 51.0 Å².